The Balaban J connectivity index is 1.72. The molecule has 1 amide bonds. The van der Waals surface area contributed by atoms with Crippen molar-refractivity contribution in [1.82, 2.24) is 19.7 Å². The summed E-state index contributed by atoms with van der Waals surface area (Å²) in [5, 5.41) is 5.11. The fraction of sp³-hybridized carbons (Fsp3) is 0.150. The molecule has 1 aromatic heterocycles. The number of benzene rings is 2. The number of amides is 1. The Bertz CT molecular complexity index is 932. The Morgan fingerprint density at radius 2 is 1.81 bits per heavy atom. The molecule has 138 valence electrons. The van der Waals surface area contributed by atoms with Crippen molar-refractivity contribution >= 4 is 35.2 Å². The summed E-state index contributed by atoms with van der Waals surface area (Å²) in [6.45, 7) is 1.97. The fourth-order valence-corrected chi connectivity index (χ4v) is 3.13. The van der Waals surface area contributed by atoms with Gasteiger partial charge in [-0.3, -0.25) is 4.79 Å². The van der Waals surface area contributed by atoms with Crippen molar-refractivity contribution < 1.29 is 4.79 Å². The number of halogens is 2. The van der Waals surface area contributed by atoms with Gasteiger partial charge < -0.3 is 4.90 Å². The molecule has 0 fully saturated rings. The predicted octanol–water partition coefficient (Wildman–Crippen LogP) is 4.81. The molecule has 0 saturated carbocycles. The maximum atomic E-state index is 12.5. The average molecular weight is 401 g/mol. The molecule has 0 bridgehead atoms. The molecule has 7 heteroatoms. The van der Waals surface area contributed by atoms with Crippen LogP contribution >= 0.6 is 23.2 Å². The van der Waals surface area contributed by atoms with Gasteiger partial charge in [0, 0.05) is 28.7 Å². The molecule has 3 aromatic rings. The molecule has 0 aliphatic heterocycles. The quantitative estimate of drug-likeness (QED) is 0.577. The first-order valence-electron chi connectivity index (χ1n) is 8.31. The van der Waals surface area contributed by atoms with E-state index in [9.17, 15) is 4.79 Å². The summed E-state index contributed by atoms with van der Waals surface area (Å²) in [7, 11) is 1.76. The molecule has 0 N–H and O–H groups in total. The number of carbonyl (C=O) groups is 1. The van der Waals surface area contributed by atoms with Crippen LogP contribution in [0.25, 0.3) is 11.8 Å². The summed E-state index contributed by atoms with van der Waals surface area (Å²) in [5.74, 6) is -0.140. The van der Waals surface area contributed by atoms with Crippen LogP contribution in [0.3, 0.4) is 0 Å². The zero-order valence-corrected chi connectivity index (χ0v) is 16.4. The van der Waals surface area contributed by atoms with Gasteiger partial charge in [0.15, 0.2) is 0 Å². The number of carbonyl (C=O) groups excluding carboxylic acids is 1. The van der Waals surface area contributed by atoms with Crippen LogP contribution in [0.15, 0.2) is 61.2 Å². The van der Waals surface area contributed by atoms with Gasteiger partial charge in [-0.05, 0) is 42.8 Å². The first-order valence-corrected chi connectivity index (χ1v) is 9.07. The minimum atomic E-state index is -0.140. The largest absolute Gasteiger partial charge is 0.335 e. The van der Waals surface area contributed by atoms with Crippen LogP contribution in [0.4, 0.5) is 0 Å². The molecular weight excluding hydrogens is 383 g/mol. The molecule has 2 aromatic carbocycles. The molecule has 0 aliphatic carbocycles. The van der Waals surface area contributed by atoms with E-state index in [1.807, 2.05) is 31.2 Å². The summed E-state index contributed by atoms with van der Waals surface area (Å²) in [4.78, 5) is 18.1. The lowest BCUT2D eigenvalue weighted by atomic mass is 10.1. The summed E-state index contributed by atoms with van der Waals surface area (Å²) in [5.41, 5.74) is 2.55. The van der Waals surface area contributed by atoms with Crippen molar-refractivity contribution in [3.63, 3.8) is 0 Å². The van der Waals surface area contributed by atoms with Gasteiger partial charge in [-0.1, -0.05) is 41.4 Å². The van der Waals surface area contributed by atoms with Crippen molar-refractivity contribution in [2.24, 2.45) is 0 Å². The maximum Gasteiger partial charge on any atom is 0.246 e. The molecule has 27 heavy (non-hydrogen) atoms. The molecule has 0 aliphatic rings. The SMILES string of the molecule is C[C@H](c1ccc(-n2cncn2)cc1)N(C)C(=O)/C=C/c1c(Cl)cccc1Cl. The molecule has 0 saturated heterocycles. The second-order valence-electron chi connectivity index (χ2n) is 6.03. The number of hydrogen-bond donors (Lipinski definition) is 0. The van der Waals surface area contributed by atoms with Crippen molar-refractivity contribution in [3.05, 3.63) is 82.4 Å². The molecule has 1 heterocycles. The minimum absolute atomic E-state index is 0.103. The van der Waals surface area contributed by atoms with Gasteiger partial charge in [0.05, 0.1) is 11.7 Å². The second-order valence-corrected chi connectivity index (χ2v) is 6.84. The molecular formula is C20H18Cl2N4O. The lowest BCUT2D eigenvalue weighted by Gasteiger charge is -2.24. The molecule has 5 nitrogen and oxygen atoms in total. The van der Waals surface area contributed by atoms with E-state index in [0.29, 0.717) is 15.6 Å². The molecule has 0 spiro atoms. The third-order valence-corrected chi connectivity index (χ3v) is 5.04. The number of aromatic nitrogens is 3. The van der Waals surface area contributed by atoms with Crippen LogP contribution in [0.2, 0.25) is 10.0 Å². The van der Waals surface area contributed by atoms with E-state index in [2.05, 4.69) is 10.1 Å². The topological polar surface area (TPSA) is 51.0 Å². The van der Waals surface area contributed by atoms with Crippen LogP contribution in [0.5, 0.6) is 0 Å². The van der Waals surface area contributed by atoms with Gasteiger partial charge in [-0.15, -0.1) is 0 Å². The Labute approximate surface area is 167 Å². The highest BCUT2D eigenvalue weighted by molar-refractivity contribution is 6.37. The van der Waals surface area contributed by atoms with E-state index in [0.717, 1.165) is 11.3 Å². The summed E-state index contributed by atoms with van der Waals surface area (Å²) in [6, 6.07) is 13.0. The molecule has 3 rings (SSSR count). The lowest BCUT2D eigenvalue weighted by molar-refractivity contribution is -0.126. The van der Waals surface area contributed by atoms with E-state index in [4.69, 9.17) is 23.2 Å². The summed E-state index contributed by atoms with van der Waals surface area (Å²) >= 11 is 12.3. The van der Waals surface area contributed by atoms with Gasteiger partial charge in [0.2, 0.25) is 5.91 Å². The Hall–Kier alpha value is -2.63. The van der Waals surface area contributed by atoms with Crippen molar-refractivity contribution in [3.8, 4) is 5.69 Å². The predicted molar refractivity (Wildman–Crippen MR) is 108 cm³/mol. The highest BCUT2D eigenvalue weighted by Gasteiger charge is 2.16. The number of hydrogen-bond acceptors (Lipinski definition) is 3. The van der Waals surface area contributed by atoms with E-state index in [1.165, 1.54) is 12.4 Å². The van der Waals surface area contributed by atoms with Crippen LogP contribution in [-0.2, 0) is 4.79 Å². The van der Waals surface area contributed by atoms with Crippen LogP contribution in [0.1, 0.15) is 24.1 Å². The van der Waals surface area contributed by atoms with E-state index < -0.39 is 0 Å². The van der Waals surface area contributed by atoms with E-state index in [1.54, 1.807) is 47.2 Å². The van der Waals surface area contributed by atoms with Crippen LogP contribution in [0, 0.1) is 0 Å². The molecule has 0 radical (unpaired) electrons. The van der Waals surface area contributed by atoms with Gasteiger partial charge >= 0.3 is 0 Å². The van der Waals surface area contributed by atoms with Gasteiger partial charge in [-0.2, -0.15) is 5.10 Å². The van der Waals surface area contributed by atoms with Crippen molar-refractivity contribution in [1.29, 1.82) is 0 Å². The summed E-state index contributed by atoms with van der Waals surface area (Å²) in [6.07, 6.45) is 6.25. The molecule has 1 atom stereocenters. The van der Waals surface area contributed by atoms with Crippen LogP contribution < -0.4 is 0 Å². The zero-order chi connectivity index (χ0) is 19.4. The smallest absolute Gasteiger partial charge is 0.246 e. The third-order valence-electron chi connectivity index (χ3n) is 4.38. The van der Waals surface area contributed by atoms with Crippen LogP contribution in [-0.4, -0.2) is 32.6 Å². The standard InChI is InChI=1S/C20H18Cl2N4O/c1-14(15-6-8-16(9-7-15)26-13-23-12-24-26)25(2)20(27)11-10-17-18(21)4-3-5-19(17)22/h3-14H,1-2H3/b11-10+/t14-/m1/s1. The van der Waals surface area contributed by atoms with E-state index >= 15 is 0 Å². The zero-order valence-electron chi connectivity index (χ0n) is 14.9. The first-order chi connectivity index (χ1) is 13.0. The monoisotopic (exact) mass is 400 g/mol. The average Bonchev–Trinajstić information content (AvgIpc) is 3.21. The van der Waals surface area contributed by atoms with E-state index in [-0.39, 0.29) is 11.9 Å². The van der Waals surface area contributed by atoms with Gasteiger partial charge in [-0.25, -0.2) is 9.67 Å². The highest BCUT2D eigenvalue weighted by Crippen LogP contribution is 2.26. The van der Waals surface area contributed by atoms with Crippen molar-refractivity contribution in [2.45, 2.75) is 13.0 Å². The number of likely N-dealkylation sites (N-methyl/N-ethyl adjacent to an activating group) is 1. The lowest BCUT2D eigenvalue weighted by Crippen LogP contribution is -2.28. The Morgan fingerprint density at radius 3 is 2.41 bits per heavy atom. The fourth-order valence-electron chi connectivity index (χ4n) is 2.60. The van der Waals surface area contributed by atoms with Gasteiger partial charge in [0.25, 0.3) is 0 Å². The maximum absolute atomic E-state index is 12.5. The Kier molecular flexibility index (Phi) is 5.94. The number of rotatable bonds is 5. The number of nitrogens with zero attached hydrogens (tertiary/aromatic N) is 4. The summed E-state index contributed by atoms with van der Waals surface area (Å²) < 4.78 is 1.68. The first kappa shape index (κ1) is 19.1. The normalized spacial score (nSPS) is 12.3. The van der Waals surface area contributed by atoms with Gasteiger partial charge in [0.1, 0.15) is 12.7 Å². The Morgan fingerprint density at radius 1 is 1.15 bits per heavy atom. The minimum Gasteiger partial charge on any atom is -0.335 e. The third kappa shape index (κ3) is 4.38. The highest BCUT2D eigenvalue weighted by atomic mass is 35.5. The second kappa shape index (κ2) is 8.37. The molecule has 0 unspecified atom stereocenters. The van der Waals surface area contributed by atoms with Crippen molar-refractivity contribution in [2.75, 3.05) is 7.05 Å².